The number of carbonyl (C=O) groups is 1. The summed E-state index contributed by atoms with van der Waals surface area (Å²) in [5.74, 6) is 0.637. The maximum Gasteiger partial charge on any atom is 0.223 e. The minimum absolute atomic E-state index is 0.0813. The normalized spacial score (nSPS) is 29.9. The first-order valence-electron chi connectivity index (χ1n) is 6.63. The molecular weight excluding hydrogens is 232 g/mol. The van der Waals surface area contributed by atoms with Gasteiger partial charge in [0.15, 0.2) is 0 Å². The summed E-state index contributed by atoms with van der Waals surface area (Å²) in [7, 11) is 3.25. The first-order valence-corrected chi connectivity index (χ1v) is 6.63. The van der Waals surface area contributed by atoms with Gasteiger partial charge in [-0.15, -0.1) is 0 Å². The van der Waals surface area contributed by atoms with Crippen LogP contribution in [-0.4, -0.2) is 45.4 Å². The highest BCUT2D eigenvalue weighted by Crippen LogP contribution is 2.27. The smallest absolute Gasteiger partial charge is 0.223 e. The third kappa shape index (κ3) is 4.55. The lowest BCUT2D eigenvalue weighted by Crippen LogP contribution is -2.43. The largest absolute Gasteiger partial charge is 0.382 e. The third-order valence-corrected chi connectivity index (χ3v) is 3.80. The Morgan fingerprint density at radius 1 is 1.44 bits per heavy atom. The number of hydrogen-bond donors (Lipinski definition) is 2. The number of methoxy groups -OCH3 is 2. The lowest BCUT2D eigenvalue weighted by molar-refractivity contribution is -0.127. The molecule has 5 nitrogen and oxygen atoms in total. The monoisotopic (exact) mass is 258 g/mol. The van der Waals surface area contributed by atoms with Gasteiger partial charge >= 0.3 is 0 Å². The zero-order valence-electron chi connectivity index (χ0n) is 11.6. The Hall–Kier alpha value is -0.650. The van der Waals surface area contributed by atoms with Crippen molar-refractivity contribution in [3.05, 3.63) is 0 Å². The maximum atomic E-state index is 12.0. The first-order chi connectivity index (χ1) is 8.58. The van der Waals surface area contributed by atoms with Gasteiger partial charge in [0.1, 0.15) is 0 Å². The summed E-state index contributed by atoms with van der Waals surface area (Å²) < 4.78 is 10.2. The molecule has 0 aromatic carbocycles. The Balaban J connectivity index is 2.32. The molecule has 0 saturated heterocycles. The van der Waals surface area contributed by atoms with E-state index in [1.165, 1.54) is 0 Å². The van der Waals surface area contributed by atoms with Crippen LogP contribution in [0.1, 0.15) is 26.2 Å². The van der Waals surface area contributed by atoms with Gasteiger partial charge in [-0.1, -0.05) is 6.92 Å². The zero-order valence-corrected chi connectivity index (χ0v) is 11.6. The van der Waals surface area contributed by atoms with Gasteiger partial charge in [0, 0.05) is 32.7 Å². The average Bonchev–Trinajstić information content (AvgIpc) is 2.37. The number of rotatable bonds is 6. The number of nitrogens with one attached hydrogen (secondary N) is 1. The molecule has 1 rings (SSSR count). The van der Waals surface area contributed by atoms with Crippen LogP contribution >= 0.6 is 0 Å². The molecular formula is C13H26N2O3. The molecule has 1 fully saturated rings. The number of amides is 1. The standard InChI is InChI=1S/C13H26N2O3/c1-9-6-10(4-5-12(9)14)13(16)15-7-11(18-3)8-17-2/h9-12H,4-8,14H2,1-3H3,(H,15,16). The Labute approximate surface area is 109 Å². The second-order valence-corrected chi connectivity index (χ2v) is 5.21. The van der Waals surface area contributed by atoms with Gasteiger partial charge < -0.3 is 20.5 Å². The Morgan fingerprint density at radius 3 is 2.72 bits per heavy atom. The highest BCUT2D eigenvalue weighted by molar-refractivity contribution is 5.78. The lowest BCUT2D eigenvalue weighted by Gasteiger charge is -2.31. The van der Waals surface area contributed by atoms with Crippen molar-refractivity contribution in [2.24, 2.45) is 17.6 Å². The average molecular weight is 258 g/mol. The van der Waals surface area contributed by atoms with Gasteiger partial charge in [-0.2, -0.15) is 0 Å². The van der Waals surface area contributed by atoms with Crippen molar-refractivity contribution in [3.63, 3.8) is 0 Å². The van der Waals surface area contributed by atoms with E-state index in [4.69, 9.17) is 15.2 Å². The fourth-order valence-corrected chi connectivity index (χ4v) is 2.41. The van der Waals surface area contributed by atoms with E-state index in [2.05, 4.69) is 12.2 Å². The van der Waals surface area contributed by atoms with E-state index in [-0.39, 0.29) is 24.0 Å². The Kier molecular flexibility index (Phi) is 6.60. The van der Waals surface area contributed by atoms with Crippen LogP contribution in [0.4, 0.5) is 0 Å². The predicted molar refractivity (Wildman–Crippen MR) is 70.2 cm³/mol. The van der Waals surface area contributed by atoms with E-state index >= 15 is 0 Å². The van der Waals surface area contributed by atoms with E-state index < -0.39 is 0 Å². The second kappa shape index (κ2) is 7.71. The van der Waals surface area contributed by atoms with Crippen LogP contribution in [0, 0.1) is 11.8 Å². The summed E-state index contributed by atoms with van der Waals surface area (Å²) in [6.45, 7) is 3.11. The van der Waals surface area contributed by atoms with Crippen LogP contribution in [0.15, 0.2) is 0 Å². The topological polar surface area (TPSA) is 73.6 Å². The zero-order chi connectivity index (χ0) is 13.5. The maximum absolute atomic E-state index is 12.0. The van der Waals surface area contributed by atoms with Crippen LogP contribution in [0.2, 0.25) is 0 Å². The second-order valence-electron chi connectivity index (χ2n) is 5.21. The van der Waals surface area contributed by atoms with E-state index in [9.17, 15) is 4.79 Å². The van der Waals surface area contributed by atoms with Crippen molar-refractivity contribution in [3.8, 4) is 0 Å². The molecule has 3 N–H and O–H groups in total. The predicted octanol–water partition coefficient (Wildman–Crippen LogP) is 0.528. The van der Waals surface area contributed by atoms with Crippen molar-refractivity contribution in [2.45, 2.75) is 38.3 Å². The number of hydrogen-bond acceptors (Lipinski definition) is 4. The summed E-state index contributed by atoms with van der Waals surface area (Å²) in [5, 5.41) is 2.94. The van der Waals surface area contributed by atoms with Crippen LogP contribution in [0.5, 0.6) is 0 Å². The van der Waals surface area contributed by atoms with Gasteiger partial charge in [-0.3, -0.25) is 4.79 Å². The first kappa shape index (κ1) is 15.4. The van der Waals surface area contributed by atoms with Crippen LogP contribution in [-0.2, 0) is 14.3 Å². The van der Waals surface area contributed by atoms with Crippen molar-refractivity contribution in [2.75, 3.05) is 27.4 Å². The summed E-state index contributed by atoms with van der Waals surface area (Å²) in [6.07, 6.45) is 2.63. The summed E-state index contributed by atoms with van der Waals surface area (Å²) >= 11 is 0. The molecule has 4 unspecified atom stereocenters. The molecule has 1 aliphatic carbocycles. The molecule has 0 aromatic rings. The number of ether oxygens (including phenoxy) is 2. The fourth-order valence-electron chi connectivity index (χ4n) is 2.41. The van der Waals surface area contributed by atoms with Gasteiger partial charge in [-0.25, -0.2) is 0 Å². The van der Waals surface area contributed by atoms with E-state index in [0.717, 1.165) is 19.3 Å². The fraction of sp³-hybridized carbons (Fsp3) is 0.923. The van der Waals surface area contributed by atoms with Crippen molar-refractivity contribution >= 4 is 5.91 Å². The summed E-state index contributed by atoms with van der Waals surface area (Å²) in [4.78, 5) is 12.0. The van der Waals surface area contributed by atoms with E-state index in [0.29, 0.717) is 19.1 Å². The molecule has 5 heteroatoms. The van der Waals surface area contributed by atoms with Crippen molar-refractivity contribution < 1.29 is 14.3 Å². The molecule has 0 bridgehead atoms. The lowest BCUT2D eigenvalue weighted by atomic mass is 9.79. The molecule has 0 aromatic heterocycles. The van der Waals surface area contributed by atoms with E-state index in [1.807, 2.05) is 0 Å². The molecule has 0 aliphatic heterocycles. The highest BCUT2D eigenvalue weighted by Gasteiger charge is 2.29. The van der Waals surface area contributed by atoms with Crippen LogP contribution < -0.4 is 11.1 Å². The van der Waals surface area contributed by atoms with Gasteiger partial charge in [-0.05, 0) is 25.2 Å². The molecule has 0 radical (unpaired) electrons. The highest BCUT2D eigenvalue weighted by atomic mass is 16.5. The Morgan fingerprint density at radius 2 is 2.17 bits per heavy atom. The molecule has 106 valence electrons. The summed E-state index contributed by atoms with van der Waals surface area (Å²) in [5.41, 5.74) is 5.96. The minimum atomic E-state index is -0.0813. The number of nitrogens with two attached hydrogens (primary N) is 1. The molecule has 0 spiro atoms. The Bertz CT molecular complexity index is 261. The molecule has 0 heterocycles. The molecule has 4 atom stereocenters. The van der Waals surface area contributed by atoms with Crippen molar-refractivity contribution in [1.82, 2.24) is 5.32 Å². The van der Waals surface area contributed by atoms with E-state index in [1.54, 1.807) is 14.2 Å². The summed E-state index contributed by atoms with van der Waals surface area (Å²) in [6, 6.07) is 0.245. The molecule has 1 amide bonds. The van der Waals surface area contributed by atoms with Gasteiger partial charge in [0.2, 0.25) is 5.91 Å². The van der Waals surface area contributed by atoms with Gasteiger partial charge in [0.25, 0.3) is 0 Å². The quantitative estimate of drug-likeness (QED) is 0.729. The van der Waals surface area contributed by atoms with Crippen LogP contribution in [0.3, 0.4) is 0 Å². The molecule has 18 heavy (non-hydrogen) atoms. The molecule has 1 aliphatic rings. The minimum Gasteiger partial charge on any atom is -0.382 e. The SMILES string of the molecule is COCC(CNC(=O)C1CCC(N)C(C)C1)OC. The van der Waals surface area contributed by atoms with Crippen molar-refractivity contribution in [1.29, 1.82) is 0 Å². The molecule has 1 saturated carbocycles. The third-order valence-electron chi connectivity index (χ3n) is 3.80. The number of carbonyl (C=O) groups excluding carboxylic acids is 1. The van der Waals surface area contributed by atoms with Crippen LogP contribution in [0.25, 0.3) is 0 Å². The van der Waals surface area contributed by atoms with Gasteiger partial charge in [0.05, 0.1) is 12.7 Å².